The molecule has 1 aliphatic carbocycles. The molecule has 1 amide bonds. The van der Waals surface area contributed by atoms with E-state index in [0.29, 0.717) is 29.3 Å². The minimum atomic E-state index is -3.60. The molecule has 0 spiro atoms. The van der Waals surface area contributed by atoms with Crippen molar-refractivity contribution in [2.24, 2.45) is 10.9 Å². The third kappa shape index (κ3) is 6.98. The Balaban J connectivity index is 2.06. The molecule has 0 radical (unpaired) electrons. The van der Waals surface area contributed by atoms with Crippen LogP contribution in [0.25, 0.3) is 0 Å². The van der Waals surface area contributed by atoms with Crippen LogP contribution in [0.15, 0.2) is 41.4 Å². The minimum Gasteiger partial charge on any atom is -0.398 e. The van der Waals surface area contributed by atoms with E-state index in [0.717, 1.165) is 36.9 Å². The van der Waals surface area contributed by atoms with E-state index in [-0.39, 0.29) is 30.5 Å². The average Bonchev–Trinajstić information content (AvgIpc) is 3.66. The van der Waals surface area contributed by atoms with Gasteiger partial charge in [-0.3, -0.25) is 9.10 Å². The first kappa shape index (κ1) is 27.5. The number of anilines is 3. The van der Waals surface area contributed by atoms with Gasteiger partial charge in [-0.2, -0.15) is 0 Å². The van der Waals surface area contributed by atoms with Gasteiger partial charge in [-0.05, 0) is 73.1 Å². The van der Waals surface area contributed by atoms with Gasteiger partial charge in [0.1, 0.15) is 5.71 Å². The van der Waals surface area contributed by atoms with Gasteiger partial charge in [0, 0.05) is 43.7 Å². The van der Waals surface area contributed by atoms with E-state index >= 15 is 0 Å². The van der Waals surface area contributed by atoms with Gasteiger partial charge in [0.15, 0.2) is 0 Å². The largest absolute Gasteiger partial charge is 0.398 e. The maximum absolute atomic E-state index is 12.9. The Labute approximate surface area is 213 Å². The summed E-state index contributed by atoms with van der Waals surface area (Å²) in [7, 11) is -2.07. The number of nitrogens with one attached hydrogen (secondary N) is 2. The number of hydrogen-bond donors (Lipinski definition) is 4. The standard InChI is InChI=1S/C26H37N5O4S/c1-17(2)16-29-19-8-10-20(11-9-19)30-25(26(33)28-3)22-14-21(18-6-7-18)24(15-23(22)27)31(12-5-13-32)36(4,34)35/h8-11,14-15,17-18,29,32H,5-7,12-13,16,27H2,1-4H3,(H,28,33). The van der Waals surface area contributed by atoms with Crippen molar-refractivity contribution in [1.29, 1.82) is 0 Å². The molecule has 0 saturated heterocycles. The summed E-state index contributed by atoms with van der Waals surface area (Å²) in [6.45, 7) is 5.13. The van der Waals surface area contributed by atoms with Gasteiger partial charge in [0.2, 0.25) is 10.0 Å². The molecule has 2 aromatic rings. The van der Waals surface area contributed by atoms with E-state index in [2.05, 4.69) is 29.5 Å². The highest BCUT2D eigenvalue weighted by Gasteiger charge is 2.32. The van der Waals surface area contributed by atoms with Gasteiger partial charge in [-0.25, -0.2) is 13.4 Å². The lowest BCUT2D eigenvalue weighted by Gasteiger charge is -2.26. The number of likely N-dealkylation sites (N-methyl/N-ethyl adjacent to an activating group) is 1. The molecule has 2 aromatic carbocycles. The molecule has 3 rings (SSSR count). The SMILES string of the molecule is CNC(=O)C(=Nc1ccc(NCC(C)C)cc1)c1cc(C2CC2)c(N(CCCO)S(C)(=O)=O)cc1N. The van der Waals surface area contributed by atoms with Crippen LogP contribution in [0.1, 0.15) is 50.2 Å². The third-order valence-corrected chi connectivity index (χ3v) is 7.10. The summed E-state index contributed by atoms with van der Waals surface area (Å²) in [6, 6.07) is 10.9. The number of carbonyl (C=O) groups is 1. The topological polar surface area (TPSA) is 137 Å². The van der Waals surface area contributed by atoms with E-state index in [4.69, 9.17) is 5.73 Å². The number of carbonyl (C=O) groups excluding carboxylic acids is 1. The van der Waals surface area contributed by atoms with E-state index < -0.39 is 15.9 Å². The van der Waals surface area contributed by atoms with Crippen LogP contribution in [0, 0.1) is 5.92 Å². The quantitative estimate of drug-likeness (QED) is 0.253. The summed E-state index contributed by atoms with van der Waals surface area (Å²) in [6.07, 6.45) is 3.28. The fourth-order valence-corrected chi connectivity index (χ4v) is 4.88. The average molecular weight is 516 g/mol. The Hall–Kier alpha value is -3.11. The number of amides is 1. The first-order valence-corrected chi connectivity index (χ1v) is 14.1. The molecule has 0 atom stereocenters. The number of rotatable bonds is 12. The molecular formula is C26H37N5O4S. The number of hydrogen-bond acceptors (Lipinski definition) is 7. The molecule has 0 heterocycles. The number of benzene rings is 2. The van der Waals surface area contributed by atoms with Crippen molar-refractivity contribution in [2.45, 2.75) is 39.0 Å². The molecule has 0 aliphatic heterocycles. The molecular weight excluding hydrogens is 478 g/mol. The highest BCUT2D eigenvalue weighted by molar-refractivity contribution is 7.92. The fourth-order valence-electron chi connectivity index (χ4n) is 3.90. The normalized spacial score (nSPS) is 14.1. The Morgan fingerprint density at radius 3 is 2.42 bits per heavy atom. The lowest BCUT2D eigenvalue weighted by atomic mass is 9.98. The maximum Gasteiger partial charge on any atom is 0.270 e. The van der Waals surface area contributed by atoms with Gasteiger partial charge in [-0.1, -0.05) is 13.8 Å². The van der Waals surface area contributed by atoms with E-state index in [1.807, 2.05) is 24.3 Å². The molecule has 196 valence electrons. The second-order valence-corrected chi connectivity index (χ2v) is 11.5. The third-order valence-electron chi connectivity index (χ3n) is 5.92. The summed E-state index contributed by atoms with van der Waals surface area (Å²) in [5.41, 5.74) is 10.2. The second kappa shape index (κ2) is 11.7. The molecule has 36 heavy (non-hydrogen) atoms. The van der Waals surface area contributed by atoms with Gasteiger partial charge in [-0.15, -0.1) is 0 Å². The van der Waals surface area contributed by atoms with Crippen LogP contribution in [-0.2, 0) is 14.8 Å². The predicted octanol–water partition coefficient (Wildman–Crippen LogP) is 3.23. The highest BCUT2D eigenvalue weighted by atomic mass is 32.2. The Morgan fingerprint density at radius 2 is 1.89 bits per heavy atom. The molecule has 1 saturated carbocycles. The van der Waals surface area contributed by atoms with Crippen molar-refractivity contribution in [3.63, 3.8) is 0 Å². The van der Waals surface area contributed by atoms with Crippen molar-refractivity contribution < 1.29 is 18.3 Å². The molecule has 1 fully saturated rings. The molecule has 0 unspecified atom stereocenters. The molecule has 1 aliphatic rings. The summed E-state index contributed by atoms with van der Waals surface area (Å²) in [5.74, 6) is 0.296. The van der Waals surface area contributed by atoms with Gasteiger partial charge in [0.25, 0.3) is 5.91 Å². The molecule has 0 aromatic heterocycles. The van der Waals surface area contributed by atoms with Crippen LogP contribution in [0.2, 0.25) is 0 Å². The van der Waals surface area contributed by atoms with Crippen LogP contribution in [0.5, 0.6) is 0 Å². The van der Waals surface area contributed by atoms with Gasteiger partial charge >= 0.3 is 0 Å². The summed E-state index contributed by atoms with van der Waals surface area (Å²) < 4.78 is 26.4. The van der Waals surface area contributed by atoms with Crippen LogP contribution < -0.4 is 20.7 Å². The Morgan fingerprint density at radius 1 is 1.22 bits per heavy atom. The second-order valence-electron chi connectivity index (χ2n) is 9.55. The monoisotopic (exact) mass is 515 g/mol. The maximum atomic E-state index is 12.9. The zero-order valence-corrected chi connectivity index (χ0v) is 22.2. The van der Waals surface area contributed by atoms with Gasteiger partial charge in [0.05, 0.1) is 17.6 Å². The number of sulfonamides is 1. The number of aliphatic hydroxyl groups is 1. The highest BCUT2D eigenvalue weighted by Crippen LogP contribution is 2.46. The number of nitrogens with zero attached hydrogens (tertiary/aromatic N) is 2. The van der Waals surface area contributed by atoms with Crippen LogP contribution in [-0.4, -0.2) is 58.1 Å². The van der Waals surface area contributed by atoms with E-state index in [1.165, 1.54) is 11.4 Å². The van der Waals surface area contributed by atoms with Gasteiger partial charge < -0.3 is 21.5 Å². The fraction of sp³-hybridized carbons (Fsp3) is 0.462. The lowest BCUT2D eigenvalue weighted by molar-refractivity contribution is -0.114. The van der Waals surface area contributed by atoms with Crippen molar-refractivity contribution in [2.75, 3.05) is 48.4 Å². The van der Waals surface area contributed by atoms with Crippen molar-refractivity contribution >= 4 is 44.4 Å². The van der Waals surface area contributed by atoms with E-state index in [1.54, 1.807) is 12.1 Å². The molecule has 9 nitrogen and oxygen atoms in total. The van der Waals surface area contributed by atoms with Crippen molar-refractivity contribution in [3.05, 3.63) is 47.5 Å². The van der Waals surface area contributed by atoms with Crippen LogP contribution in [0.3, 0.4) is 0 Å². The zero-order chi connectivity index (χ0) is 26.5. The number of aliphatic imine (C=N–C) groups is 1. The Bertz CT molecular complexity index is 1210. The molecule has 10 heteroatoms. The summed E-state index contributed by atoms with van der Waals surface area (Å²) in [4.78, 5) is 17.5. The molecule has 5 N–H and O–H groups in total. The summed E-state index contributed by atoms with van der Waals surface area (Å²) >= 11 is 0. The van der Waals surface area contributed by atoms with Crippen molar-refractivity contribution in [1.82, 2.24) is 5.32 Å². The van der Waals surface area contributed by atoms with E-state index in [9.17, 15) is 18.3 Å². The predicted molar refractivity (Wildman–Crippen MR) is 147 cm³/mol. The number of nitrogen functional groups attached to an aromatic ring is 1. The van der Waals surface area contributed by atoms with Crippen LogP contribution >= 0.6 is 0 Å². The number of aliphatic hydroxyl groups excluding tert-OH is 1. The van der Waals surface area contributed by atoms with Crippen LogP contribution in [0.4, 0.5) is 22.7 Å². The smallest absolute Gasteiger partial charge is 0.270 e. The first-order valence-electron chi connectivity index (χ1n) is 12.2. The minimum absolute atomic E-state index is 0.127. The molecule has 0 bridgehead atoms. The number of nitrogens with two attached hydrogens (primary N) is 1. The first-order chi connectivity index (χ1) is 17.0. The Kier molecular flexibility index (Phi) is 8.97. The summed E-state index contributed by atoms with van der Waals surface area (Å²) in [5, 5.41) is 15.3. The van der Waals surface area contributed by atoms with Crippen molar-refractivity contribution in [3.8, 4) is 0 Å². The lowest BCUT2D eigenvalue weighted by Crippen LogP contribution is -2.33. The zero-order valence-electron chi connectivity index (χ0n) is 21.4.